The summed E-state index contributed by atoms with van der Waals surface area (Å²) < 4.78 is 13.3. The minimum absolute atomic E-state index is 0.286. The minimum atomic E-state index is -0.373. The van der Waals surface area contributed by atoms with Crippen LogP contribution in [0.2, 0.25) is 0 Å². The number of thioether (sulfide) groups is 1. The molecular formula is C15H22FN3OS. The highest BCUT2D eigenvalue weighted by atomic mass is 32.2. The summed E-state index contributed by atoms with van der Waals surface area (Å²) in [4.78, 5) is 4.19. The Kier molecular flexibility index (Phi) is 6.32. The van der Waals surface area contributed by atoms with Gasteiger partial charge in [0.25, 0.3) is 0 Å². The van der Waals surface area contributed by atoms with E-state index in [1.807, 2.05) is 11.8 Å². The lowest BCUT2D eigenvalue weighted by Gasteiger charge is -2.15. The second kappa shape index (κ2) is 8.24. The quantitative estimate of drug-likeness (QED) is 0.574. The number of halogens is 1. The molecule has 1 aromatic rings. The standard InChI is InChI=1S/C15H22FN3OS/c1-17-15(19-9-13-3-2-6-21-13)18-8-11-4-5-14(16)12(7-11)10-20/h4-5,7,13,20H,2-3,6,8-10H2,1H3,(H2,17,18,19). The van der Waals surface area contributed by atoms with E-state index in [-0.39, 0.29) is 12.4 Å². The van der Waals surface area contributed by atoms with E-state index in [1.54, 1.807) is 19.2 Å². The number of rotatable bonds is 5. The molecule has 6 heteroatoms. The van der Waals surface area contributed by atoms with Gasteiger partial charge in [0, 0.05) is 31.0 Å². The molecule has 0 amide bonds. The molecule has 0 aliphatic carbocycles. The van der Waals surface area contributed by atoms with Gasteiger partial charge in [-0.3, -0.25) is 4.99 Å². The van der Waals surface area contributed by atoms with Gasteiger partial charge in [-0.1, -0.05) is 6.07 Å². The van der Waals surface area contributed by atoms with Gasteiger partial charge >= 0.3 is 0 Å². The number of nitrogens with one attached hydrogen (secondary N) is 2. The van der Waals surface area contributed by atoms with Crippen molar-refractivity contribution in [2.24, 2.45) is 4.99 Å². The van der Waals surface area contributed by atoms with Crippen LogP contribution in [-0.4, -0.2) is 35.7 Å². The number of guanidine groups is 1. The van der Waals surface area contributed by atoms with E-state index >= 15 is 0 Å². The Labute approximate surface area is 129 Å². The molecule has 0 radical (unpaired) electrons. The first-order valence-corrected chi connectivity index (χ1v) is 8.22. The molecule has 3 N–H and O–H groups in total. The van der Waals surface area contributed by atoms with Crippen LogP contribution in [-0.2, 0) is 13.2 Å². The predicted octanol–water partition coefficient (Wildman–Crippen LogP) is 1.88. The molecule has 0 saturated carbocycles. The van der Waals surface area contributed by atoms with E-state index in [9.17, 15) is 4.39 Å². The topological polar surface area (TPSA) is 56.7 Å². The van der Waals surface area contributed by atoms with Crippen LogP contribution in [0.25, 0.3) is 0 Å². The fraction of sp³-hybridized carbons (Fsp3) is 0.533. The maximum atomic E-state index is 13.3. The number of nitrogens with zero attached hydrogens (tertiary/aromatic N) is 1. The Morgan fingerprint density at radius 3 is 3.00 bits per heavy atom. The van der Waals surface area contributed by atoms with Crippen molar-refractivity contribution in [3.8, 4) is 0 Å². The van der Waals surface area contributed by atoms with Gasteiger partial charge in [-0.15, -0.1) is 0 Å². The summed E-state index contributed by atoms with van der Waals surface area (Å²) in [6.07, 6.45) is 2.55. The first-order valence-electron chi connectivity index (χ1n) is 7.17. The highest BCUT2D eigenvalue weighted by Crippen LogP contribution is 2.25. The maximum Gasteiger partial charge on any atom is 0.191 e. The molecule has 4 nitrogen and oxygen atoms in total. The smallest absolute Gasteiger partial charge is 0.191 e. The molecule has 1 heterocycles. The van der Waals surface area contributed by atoms with Crippen molar-refractivity contribution in [1.29, 1.82) is 0 Å². The molecule has 21 heavy (non-hydrogen) atoms. The third-order valence-electron chi connectivity index (χ3n) is 3.49. The Bertz CT molecular complexity index is 490. The van der Waals surface area contributed by atoms with E-state index < -0.39 is 0 Å². The number of aliphatic imine (C=N–C) groups is 1. The fourth-order valence-corrected chi connectivity index (χ4v) is 3.48. The molecule has 1 atom stereocenters. The number of aliphatic hydroxyl groups is 1. The van der Waals surface area contributed by atoms with Crippen molar-refractivity contribution in [2.45, 2.75) is 31.2 Å². The molecule has 1 saturated heterocycles. The van der Waals surface area contributed by atoms with Crippen molar-refractivity contribution in [2.75, 3.05) is 19.3 Å². The molecule has 1 fully saturated rings. The zero-order chi connectivity index (χ0) is 15.1. The van der Waals surface area contributed by atoms with Crippen LogP contribution in [0.15, 0.2) is 23.2 Å². The number of aliphatic hydroxyl groups excluding tert-OH is 1. The van der Waals surface area contributed by atoms with Crippen LogP contribution < -0.4 is 10.6 Å². The number of benzene rings is 1. The Morgan fingerprint density at radius 1 is 1.48 bits per heavy atom. The summed E-state index contributed by atoms with van der Waals surface area (Å²) in [6, 6.07) is 4.76. The molecule has 1 aliphatic rings. The van der Waals surface area contributed by atoms with E-state index in [0.717, 1.165) is 18.1 Å². The van der Waals surface area contributed by atoms with Crippen LogP contribution in [0.5, 0.6) is 0 Å². The summed E-state index contributed by atoms with van der Waals surface area (Å²) in [5, 5.41) is 16.3. The van der Waals surface area contributed by atoms with Crippen LogP contribution >= 0.6 is 11.8 Å². The van der Waals surface area contributed by atoms with Gasteiger partial charge < -0.3 is 15.7 Å². The van der Waals surface area contributed by atoms with Gasteiger partial charge in [0.1, 0.15) is 5.82 Å². The summed E-state index contributed by atoms with van der Waals surface area (Å²) >= 11 is 2.00. The van der Waals surface area contributed by atoms with Crippen LogP contribution in [0.1, 0.15) is 24.0 Å². The fourth-order valence-electron chi connectivity index (χ4n) is 2.28. The van der Waals surface area contributed by atoms with Gasteiger partial charge in [0.15, 0.2) is 5.96 Å². The second-order valence-corrected chi connectivity index (χ2v) is 6.43. The third kappa shape index (κ3) is 4.89. The first-order chi connectivity index (χ1) is 10.2. The third-order valence-corrected chi connectivity index (χ3v) is 4.88. The Morgan fingerprint density at radius 2 is 2.33 bits per heavy atom. The summed E-state index contributed by atoms with van der Waals surface area (Å²) in [6.45, 7) is 1.17. The lowest BCUT2D eigenvalue weighted by molar-refractivity contribution is 0.275. The highest BCUT2D eigenvalue weighted by Gasteiger charge is 2.15. The van der Waals surface area contributed by atoms with Gasteiger partial charge in [0.2, 0.25) is 0 Å². The average molecular weight is 311 g/mol. The number of hydrogen-bond acceptors (Lipinski definition) is 3. The van der Waals surface area contributed by atoms with Crippen molar-refractivity contribution >= 4 is 17.7 Å². The molecule has 0 bridgehead atoms. The molecule has 1 aromatic carbocycles. The SMILES string of the molecule is CN=C(NCc1ccc(F)c(CO)c1)NCC1CCCS1. The van der Waals surface area contributed by atoms with Crippen LogP contribution in [0, 0.1) is 5.82 Å². The van der Waals surface area contributed by atoms with Crippen molar-refractivity contribution < 1.29 is 9.50 Å². The zero-order valence-electron chi connectivity index (χ0n) is 12.2. The first kappa shape index (κ1) is 16.1. The predicted molar refractivity (Wildman–Crippen MR) is 86.0 cm³/mol. The minimum Gasteiger partial charge on any atom is -0.392 e. The van der Waals surface area contributed by atoms with E-state index in [2.05, 4.69) is 15.6 Å². The normalized spacial score (nSPS) is 18.8. The molecule has 0 aromatic heterocycles. The largest absolute Gasteiger partial charge is 0.392 e. The zero-order valence-corrected chi connectivity index (χ0v) is 13.0. The average Bonchev–Trinajstić information content (AvgIpc) is 3.02. The Hall–Kier alpha value is -1.27. The maximum absolute atomic E-state index is 13.3. The van der Waals surface area contributed by atoms with Gasteiger partial charge in [-0.05, 0) is 36.3 Å². The van der Waals surface area contributed by atoms with Crippen molar-refractivity contribution in [1.82, 2.24) is 10.6 Å². The van der Waals surface area contributed by atoms with Crippen LogP contribution in [0.4, 0.5) is 4.39 Å². The summed E-state index contributed by atoms with van der Waals surface area (Å²) in [5.74, 6) is 1.62. The van der Waals surface area contributed by atoms with Crippen molar-refractivity contribution in [3.05, 3.63) is 35.1 Å². The molecule has 116 valence electrons. The van der Waals surface area contributed by atoms with Crippen LogP contribution in [0.3, 0.4) is 0 Å². The van der Waals surface area contributed by atoms with Gasteiger partial charge in [0.05, 0.1) is 6.61 Å². The lowest BCUT2D eigenvalue weighted by atomic mass is 10.1. The second-order valence-electron chi connectivity index (χ2n) is 5.03. The molecule has 2 rings (SSSR count). The van der Waals surface area contributed by atoms with E-state index in [4.69, 9.17) is 5.11 Å². The lowest BCUT2D eigenvalue weighted by Crippen LogP contribution is -2.39. The highest BCUT2D eigenvalue weighted by molar-refractivity contribution is 8.00. The summed E-state index contributed by atoms with van der Waals surface area (Å²) in [7, 11) is 1.74. The summed E-state index contributed by atoms with van der Waals surface area (Å²) in [5.41, 5.74) is 1.23. The molecule has 0 spiro atoms. The van der Waals surface area contributed by atoms with Gasteiger partial charge in [-0.2, -0.15) is 11.8 Å². The Balaban J connectivity index is 1.82. The molecule has 1 aliphatic heterocycles. The van der Waals surface area contributed by atoms with E-state index in [1.165, 1.54) is 24.7 Å². The molecule has 1 unspecified atom stereocenters. The molecular weight excluding hydrogens is 289 g/mol. The monoisotopic (exact) mass is 311 g/mol. The van der Waals surface area contributed by atoms with Gasteiger partial charge in [-0.25, -0.2) is 4.39 Å². The van der Waals surface area contributed by atoms with Crippen molar-refractivity contribution in [3.63, 3.8) is 0 Å². The number of hydrogen-bond donors (Lipinski definition) is 3. The van der Waals surface area contributed by atoms with E-state index in [0.29, 0.717) is 17.4 Å².